The van der Waals surface area contributed by atoms with Crippen molar-refractivity contribution in [2.45, 2.75) is 31.8 Å². The molecule has 8 heteroatoms. The van der Waals surface area contributed by atoms with Gasteiger partial charge in [0.05, 0.1) is 0 Å². The van der Waals surface area contributed by atoms with Gasteiger partial charge >= 0.3 is 5.97 Å². The van der Waals surface area contributed by atoms with Crippen LogP contribution in [0.1, 0.15) is 19.3 Å². The maximum absolute atomic E-state index is 11.9. The third-order valence-electron chi connectivity index (χ3n) is 2.80. The van der Waals surface area contributed by atoms with E-state index in [0.717, 1.165) is 12.8 Å². The van der Waals surface area contributed by atoms with Crippen molar-refractivity contribution in [2.75, 3.05) is 6.54 Å². The summed E-state index contributed by atoms with van der Waals surface area (Å²) in [6.07, 6.45) is 3.52. The van der Waals surface area contributed by atoms with Gasteiger partial charge in [0.2, 0.25) is 5.91 Å². The Morgan fingerprint density at radius 2 is 2.24 bits per heavy atom. The molecule has 1 aromatic rings. The van der Waals surface area contributed by atoms with Crippen LogP contribution in [-0.4, -0.2) is 54.7 Å². The summed E-state index contributed by atoms with van der Waals surface area (Å²) in [5.41, 5.74) is 0. The molecule has 2 rings (SSSR count). The van der Waals surface area contributed by atoms with Gasteiger partial charge in [-0.2, -0.15) is 0 Å². The van der Waals surface area contributed by atoms with Crippen molar-refractivity contribution in [3.63, 3.8) is 0 Å². The Hall–Kier alpha value is -1.99. The number of aromatic nitrogens is 4. The van der Waals surface area contributed by atoms with Crippen LogP contribution in [0.3, 0.4) is 0 Å². The van der Waals surface area contributed by atoms with Crippen LogP contribution in [0.25, 0.3) is 0 Å². The van der Waals surface area contributed by atoms with Crippen molar-refractivity contribution in [2.24, 2.45) is 0 Å². The minimum Gasteiger partial charge on any atom is -0.480 e. The van der Waals surface area contributed by atoms with Crippen LogP contribution in [-0.2, 0) is 16.1 Å². The van der Waals surface area contributed by atoms with Crippen LogP contribution in [0, 0.1) is 0 Å². The monoisotopic (exact) mass is 239 g/mol. The first-order valence-electron chi connectivity index (χ1n) is 5.41. The Morgan fingerprint density at radius 1 is 1.41 bits per heavy atom. The molecule has 1 atom stereocenters. The normalized spacial score (nSPS) is 20.2. The Morgan fingerprint density at radius 3 is 2.88 bits per heavy atom. The summed E-state index contributed by atoms with van der Waals surface area (Å²) in [5, 5.41) is 19.5. The molecule has 1 amide bonds. The Balaban J connectivity index is 2.03. The zero-order valence-electron chi connectivity index (χ0n) is 9.19. The maximum Gasteiger partial charge on any atom is 0.326 e. The van der Waals surface area contributed by atoms with Gasteiger partial charge in [-0.25, -0.2) is 9.48 Å². The summed E-state index contributed by atoms with van der Waals surface area (Å²) < 4.78 is 1.29. The van der Waals surface area contributed by atoms with Gasteiger partial charge < -0.3 is 10.0 Å². The van der Waals surface area contributed by atoms with E-state index in [2.05, 4.69) is 15.5 Å². The molecule has 0 spiro atoms. The van der Waals surface area contributed by atoms with Gasteiger partial charge in [0.1, 0.15) is 18.9 Å². The molecular weight excluding hydrogens is 226 g/mol. The summed E-state index contributed by atoms with van der Waals surface area (Å²) in [5.74, 6) is -1.21. The lowest BCUT2D eigenvalue weighted by Gasteiger charge is -2.32. The van der Waals surface area contributed by atoms with Crippen molar-refractivity contribution in [1.82, 2.24) is 25.1 Å². The van der Waals surface area contributed by atoms with Crippen LogP contribution >= 0.6 is 0 Å². The first kappa shape index (κ1) is 11.5. The van der Waals surface area contributed by atoms with Crippen molar-refractivity contribution in [1.29, 1.82) is 0 Å². The first-order chi connectivity index (χ1) is 8.18. The summed E-state index contributed by atoms with van der Waals surface area (Å²) in [7, 11) is 0. The van der Waals surface area contributed by atoms with Gasteiger partial charge in [0.15, 0.2) is 0 Å². The van der Waals surface area contributed by atoms with Gasteiger partial charge in [0.25, 0.3) is 0 Å². The average molecular weight is 239 g/mol. The number of aliphatic carboxylic acids is 1. The quantitative estimate of drug-likeness (QED) is 0.736. The minimum absolute atomic E-state index is 0.0171. The van der Waals surface area contributed by atoms with Crippen LogP contribution < -0.4 is 0 Å². The van der Waals surface area contributed by atoms with E-state index in [1.54, 1.807) is 0 Å². The molecule has 0 saturated carbocycles. The number of carboxylic acid groups (broad SMARTS) is 1. The van der Waals surface area contributed by atoms with E-state index < -0.39 is 12.0 Å². The van der Waals surface area contributed by atoms with E-state index in [9.17, 15) is 9.59 Å². The molecule has 8 nitrogen and oxygen atoms in total. The second-order valence-corrected chi connectivity index (χ2v) is 3.94. The SMILES string of the molecule is O=C(O)C1CCCCN1C(=O)Cn1cnnn1. The highest BCUT2D eigenvalue weighted by molar-refractivity contribution is 5.83. The Kier molecular flexibility index (Phi) is 3.31. The molecular formula is C9H13N5O3. The summed E-state index contributed by atoms with van der Waals surface area (Å²) >= 11 is 0. The molecule has 1 unspecified atom stereocenters. The topological polar surface area (TPSA) is 101 Å². The fourth-order valence-electron chi connectivity index (χ4n) is 1.97. The average Bonchev–Trinajstić information content (AvgIpc) is 2.81. The summed E-state index contributed by atoms with van der Waals surface area (Å²) in [4.78, 5) is 24.4. The van der Waals surface area contributed by atoms with Crippen molar-refractivity contribution < 1.29 is 14.7 Å². The number of hydrogen-bond donors (Lipinski definition) is 1. The molecule has 2 heterocycles. The zero-order valence-corrected chi connectivity index (χ0v) is 9.19. The van der Waals surface area contributed by atoms with Crippen LogP contribution in [0.15, 0.2) is 6.33 Å². The number of piperidine rings is 1. The van der Waals surface area contributed by atoms with Gasteiger partial charge in [-0.15, -0.1) is 5.10 Å². The third-order valence-corrected chi connectivity index (χ3v) is 2.80. The van der Waals surface area contributed by atoms with E-state index in [1.165, 1.54) is 15.9 Å². The molecule has 0 aliphatic carbocycles. The highest BCUT2D eigenvalue weighted by atomic mass is 16.4. The van der Waals surface area contributed by atoms with E-state index in [0.29, 0.717) is 13.0 Å². The highest BCUT2D eigenvalue weighted by Crippen LogP contribution is 2.17. The molecule has 0 bridgehead atoms. The van der Waals surface area contributed by atoms with Crippen molar-refractivity contribution >= 4 is 11.9 Å². The molecule has 17 heavy (non-hydrogen) atoms. The fraction of sp³-hybridized carbons (Fsp3) is 0.667. The van der Waals surface area contributed by atoms with Crippen LogP contribution in [0.5, 0.6) is 0 Å². The number of hydrogen-bond acceptors (Lipinski definition) is 5. The second kappa shape index (κ2) is 4.89. The largest absolute Gasteiger partial charge is 0.480 e. The van der Waals surface area contributed by atoms with E-state index in [-0.39, 0.29) is 12.5 Å². The number of carbonyl (C=O) groups is 2. The molecule has 0 aromatic carbocycles. The van der Waals surface area contributed by atoms with E-state index in [4.69, 9.17) is 5.11 Å². The number of carboxylic acids is 1. The van der Waals surface area contributed by atoms with Crippen molar-refractivity contribution in [3.8, 4) is 0 Å². The first-order valence-corrected chi connectivity index (χ1v) is 5.41. The third kappa shape index (κ3) is 2.58. The molecule has 1 aliphatic heterocycles. The Bertz CT molecular complexity index is 405. The lowest BCUT2D eigenvalue weighted by atomic mass is 10.0. The lowest BCUT2D eigenvalue weighted by molar-refractivity contribution is -0.152. The molecule has 1 saturated heterocycles. The standard InChI is InChI=1S/C9H13N5O3/c15-8(5-13-6-10-11-12-13)14-4-2-1-3-7(14)9(16)17/h6-7H,1-5H2,(H,16,17). The summed E-state index contributed by atoms with van der Waals surface area (Å²) in [6.45, 7) is 0.467. The van der Waals surface area contributed by atoms with Gasteiger partial charge in [0, 0.05) is 6.54 Å². The fourth-order valence-corrected chi connectivity index (χ4v) is 1.97. The van der Waals surface area contributed by atoms with Gasteiger partial charge in [-0.1, -0.05) is 0 Å². The molecule has 1 aliphatic rings. The van der Waals surface area contributed by atoms with Gasteiger partial charge in [-0.05, 0) is 29.7 Å². The Labute approximate surface area is 97.2 Å². The number of tetrazole rings is 1. The number of likely N-dealkylation sites (tertiary alicyclic amines) is 1. The number of carbonyl (C=O) groups excluding carboxylic acids is 1. The van der Waals surface area contributed by atoms with Crippen molar-refractivity contribution in [3.05, 3.63) is 6.33 Å². The smallest absolute Gasteiger partial charge is 0.326 e. The van der Waals surface area contributed by atoms with Gasteiger partial charge in [-0.3, -0.25) is 4.79 Å². The molecule has 0 radical (unpaired) electrons. The van der Waals surface area contributed by atoms with Crippen LogP contribution in [0.2, 0.25) is 0 Å². The molecule has 1 fully saturated rings. The molecule has 92 valence electrons. The lowest BCUT2D eigenvalue weighted by Crippen LogP contribution is -2.49. The highest BCUT2D eigenvalue weighted by Gasteiger charge is 2.31. The zero-order chi connectivity index (χ0) is 12.3. The van der Waals surface area contributed by atoms with Crippen LogP contribution in [0.4, 0.5) is 0 Å². The molecule has 1 N–H and O–H groups in total. The predicted octanol–water partition coefficient (Wildman–Crippen LogP) is -0.861. The number of rotatable bonds is 3. The number of amides is 1. The predicted molar refractivity (Wildman–Crippen MR) is 54.8 cm³/mol. The maximum atomic E-state index is 11.9. The second-order valence-electron chi connectivity index (χ2n) is 3.94. The number of nitrogens with zero attached hydrogens (tertiary/aromatic N) is 5. The van der Waals surface area contributed by atoms with E-state index in [1.807, 2.05) is 0 Å². The molecule has 1 aromatic heterocycles. The summed E-state index contributed by atoms with van der Waals surface area (Å²) in [6, 6.07) is -0.715. The van der Waals surface area contributed by atoms with E-state index >= 15 is 0 Å². The minimum atomic E-state index is -0.949.